The lowest BCUT2D eigenvalue weighted by Crippen LogP contribution is -2.36. The number of hydrogen-bond donors (Lipinski definition) is 0. The average Bonchev–Trinajstić information content (AvgIpc) is 3.10. The SMILES string of the molecule is CN(C(=O)C1CCCC1)[C@H](c1cccc(F)c1)c1ccccn1. The van der Waals surface area contributed by atoms with Gasteiger partial charge in [-0.1, -0.05) is 31.0 Å². The van der Waals surface area contributed by atoms with Crippen LogP contribution in [-0.2, 0) is 4.79 Å². The lowest BCUT2D eigenvalue weighted by Gasteiger charge is -2.30. The van der Waals surface area contributed by atoms with E-state index in [0.29, 0.717) is 0 Å². The van der Waals surface area contributed by atoms with Gasteiger partial charge in [0.25, 0.3) is 0 Å². The summed E-state index contributed by atoms with van der Waals surface area (Å²) in [5.41, 5.74) is 1.50. The molecule has 0 aliphatic heterocycles. The molecule has 1 aromatic heterocycles. The predicted octanol–water partition coefficient (Wildman–Crippen LogP) is 3.96. The van der Waals surface area contributed by atoms with Crippen LogP contribution in [-0.4, -0.2) is 22.8 Å². The first-order valence-electron chi connectivity index (χ1n) is 8.10. The normalized spacial score (nSPS) is 16.3. The van der Waals surface area contributed by atoms with E-state index in [1.165, 1.54) is 12.1 Å². The molecule has 1 amide bonds. The summed E-state index contributed by atoms with van der Waals surface area (Å²) in [4.78, 5) is 19.0. The Bertz CT molecular complexity index is 668. The van der Waals surface area contributed by atoms with Gasteiger partial charge in [-0.05, 0) is 42.7 Å². The highest BCUT2D eigenvalue weighted by molar-refractivity contribution is 5.79. The van der Waals surface area contributed by atoms with Crippen LogP contribution < -0.4 is 0 Å². The molecule has 0 bridgehead atoms. The van der Waals surface area contributed by atoms with Crippen LogP contribution in [0.5, 0.6) is 0 Å². The lowest BCUT2D eigenvalue weighted by molar-refractivity contribution is -0.135. The van der Waals surface area contributed by atoms with Crippen molar-refractivity contribution < 1.29 is 9.18 Å². The maximum Gasteiger partial charge on any atom is 0.226 e. The van der Waals surface area contributed by atoms with Crippen LogP contribution in [0.2, 0.25) is 0 Å². The van der Waals surface area contributed by atoms with E-state index < -0.39 is 0 Å². The molecule has 1 heterocycles. The fourth-order valence-corrected chi connectivity index (χ4v) is 3.40. The summed E-state index contributed by atoms with van der Waals surface area (Å²) in [5.74, 6) is -0.0904. The van der Waals surface area contributed by atoms with Crippen molar-refractivity contribution in [3.63, 3.8) is 0 Å². The van der Waals surface area contributed by atoms with Gasteiger partial charge >= 0.3 is 0 Å². The summed E-state index contributed by atoms with van der Waals surface area (Å²) >= 11 is 0. The number of amides is 1. The maximum atomic E-state index is 13.7. The molecule has 23 heavy (non-hydrogen) atoms. The van der Waals surface area contributed by atoms with E-state index in [0.717, 1.165) is 36.9 Å². The minimum atomic E-state index is -0.361. The number of halogens is 1. The second-order valence-corrected chi connectivity index (χ2v) is 6.14. The molecule has 3 rings (SSSR count). The first-order valence-corrected chi connectivity index (χ1v) is 8.10. The summed E-state index contributed by atoms with van der Waals surface area (Å²) in [6.07, 6.45) is 5.81. The Morgan fingerprint density at radius 3 is 2.65 bits per heavy atom. The van der Waals surface area contributed by atoms with Gasteiger partial charge in [0.05, 0.1) is 11.7 Å². The first-order chi connectivity index (χ1) is 11.2. The molecule has 0 radical (unpaired) electrons. The zero-order chi connectivity index (χ0) is 16.2. The van der Waals surface area contributed by atoms with Crippen molar-refractivity contribution in [2.75, 3.05) is 7.05 Å². The highest BCUT2D eigenvalue weighted by atomic mass is 19.1. The summed E-state index contributed by atoms with van der Waals surface area (Å²) in [7, 11) is 1.80. The monoisotopic (exact) mass is 312 g/mol. The van der Waals surface area contributed by atoms with E-state index in [1.54, 1.807) is 24.2 Å². The van der Waals surface area contributed by atoms with E-state index >= 15 is 0 Å². The number of hydrogen-bond acceptors (Lipinski definition) is 2. The Morgan fingerprint density at radius 2 is 2.00 bits per heavy atom. The lowest BCUT2D eigenvalue weighted by atomic mass is 9.99. The fraction of sp³-hybridized carbons (Fsp3) is 0.368. The van der Waals surface area contributed by atoms with Gasteiger partial charge in [0.2, 0.25) is 5.91 Å². The molecule has 0 saturated heterocycles. The van der Waals surface area contributed by atoms with Crippen molar-refractivity contribution in [1.29, 1.82) is 0 Å². The van der Waals surface area contributed by atoms with E-state index in [2.05, 4.69) is 4.98 Å². The van der Waals surface area contributed by atoms with Crippen molar-refractivity contribution in [1.82, 2.24) is 9.88 Å². The fourth-order valence-electron chi connectivity index (χ4n) is 3.40. The van der Waals surface area contributed by atoms with Gasteiger partial charge in [-0.25, -0.2) is 4.39 Å². The Morgan fingerprint density at radius 1 is 1.22 bits per heavy atom. The summed E-state index contributed by atoms with van der Waals surface area (Å²) in [5, 5.41) is 0. The van der Waals surface area contributed by atoms with Gasteiger partial charge in [0.1, 0.15) is 5.82 Å². The number of rotatable bonds is 4. The van der Waals surface area contributed by atoms with E-state index in [-0.39, 0.29) is 23.7 Å². The summed E-state index contributed by atoms with van der Waals surface area (Å²) < 4.78 is 13.7. The van der Waals surface area contributed by atoms with E-state index in [9.17, 15) is 9.18 Å². The maximum absolute atomic E-state index is 13.7. The van der Waals surface area contributed by atoms with Crippen molar-refractivity contribution in [2.45, 2.75) is 31.7 Å². The largest absolute Gasteiger partial charge is 0.333 e. The second-order valence-electron chi connectivity index (χ2n) is 6.14. The van der Waals surface area contributed by atoms with Crippen molar-refractivity contribution >= 4 is 5.91 Å². The zero-order valence-corrected chi connectivity index (χ0v) is 13.3. The van der Waals surface area contributed by atoms with E-state index in [4.69, 9.17) is 0 Å². The molecule has 1 saturated carbocycles. The van der Waals surface area contributed by atoms with Crippen LogP contribution >= 0.6 is 0 Å². The Labute approximate surface area is 136 Å². The van der Waals surface area contributed by atoms with Crippen LogP contribution in [0, 0.1) is 11.7 Å². The molecule has 1 atom stereocenters. The number of pyridine rings is 1. The van der Waals surface area contributed by atoms with E-state index in [1.807, 2.05) is 24.3 Å². The Hall–Kier alpha value is -2.23. The van der Waals surface area contributed by atoms with Gasteiger partial charge in [-0.3, -0.25) is 9.78 Å². The number of carbonyl (C=O) groups excluding carboxylic acids is 1. The summed E-state index contributed by atoms with van der Waals surface area (Å²) in [6.45, 7) is 0. The van der Waals surface area contributed by atoms with Gasteiger partial charge < -0.3 is 4.90 Å². The third-order valence-electron chi connectivity index (χ3n) is 4.57. The number of benzene rings is 1. The van der Waals surface area contributed by atoms with Crippen molar-refractivity contribution in [3.05, 3.63) is 65.7 Å². The molecule has 2 aromatic rings. The van der Waals surface area contributed by atoms with Crippen LogP contribution in [0.25, 0.3) is 0 Å². The molecule has 1 aliphatic rings. The van der Waals surface area contributed by atoms with Gasteiger partial charge in [0.15, 0.2) is 0 Å². The Kier molecular flexibility index (Phi) is 4.70. The molecule has 0 spiro atoms. The molecule has 1 aliphatic carbocycles. The number of aromatic nitrogens is 1. The van der Waals surface area contributed by atoms with Crippen LogP contribution in [0.3, 0.4) is 0 Å². The quantitative estimate of drug-likeness (QED) is 0.856. The van der Waals surface area contributed by atoms with Gasteiger partial charge in [0, 0.05) is 19.2 Å². The van der Waals surface area contributed by atoms with Gasteiger partial charge in [-0.2, -0.15) is 0 Å². The minimum absolute atomic E-state index is 0.0831. The van der Waals surface area contributed by atoms with Crippen LogP contribution in [0.1, 0.15) is 43.0 Å². The summed E-state index contributed by atoms with van der Waals surface area (Å²) in [6, 6.07) is 11.7. The molecule has 0 N–H and O–H groups in total. The minimum Gasteiger partial charge on any atom is -0.333 e. The van der Waals surface area contributed by atoms with Crippen LogP contribution in [0.4, 0.5) is 4.39 Å². The molecule has 0 unspecified atom stereocenters. The third kappa shape index (κ3) is 3.41. The topological polar surface area (TPSA) is 33.2 Å². The molecule has 120 valence electrons. The van der Waals surface area contributed by atoms with Gasteiger partial charge in [-0.15, -0.1) is 0 Å². The second kappa shape index (κ2) is 6.90. The standard InChI is InChI=1S/C19H21FN2O/c1-22(19(23)14-7-2-3-8-14)18(17-11-4-5-12-21-17)15-9-6-10-16(20)13-15/h4-6,9-14,18H,2-3,7-8H2,1H3/t18-/m1/s1. The average molecular weight is 312 g/mol. The predicted molar refractivity (Wildman–Crippen MR) is 87.2 cm³/mol. The Balaban J connectivity index is 1.96. The molecule has 4 heteroatoms. The van der Waals surface area contributed by atoms with Crippen molar-refractivity contribution in [3.8, 4) is 0 Å². The highest BCUT2D eigenvalue weighted by Crippen LogP contribution is 2.32. The molecule has 3 nitrogen and oxygen atoms in total. The smallest absolute Gasteiger partial charge is 0.226 e. The number of carbonyl (C=O) groups is 1. The van der Waals surface area contributed by atoms with Crippen molar-refractivity contribution in [2.24, 2.45) is 5.92 Å². The highest BCUT2D eigenvalue weighted by Gasteiger charge is 2.31. The first kappa shape index (κ1) is 15.7. The number of nitrogens with zero attached hydrogens (tertiary/aromatic N) is 2. The van der Waals surface area contributed by atoms with Crippen LogP contribution in [0.15, 0.2) is 48.7 Å². The molecular weight excluding hydrogens is 291 g/mol. The molecule has 1 fully saturated rings. The molecule has 1 aromatic carbocycles. The third-order valence-corrected chi connectivity index (χ3v) is 4.57. The zero-order valence-electron chi connectivity index (χ0n) is 13.3. The molecular formula is C19H21FN2O.